The van der Waals surface area contributed by atoms with Crippen molar-refractivity contribution in [2.24, 2.45) is 5.92 Å². The van der Waals surface area contributed by atoms with Crippen molar-refractivity contribution in [1.82, 2.24) is 10.6 Å². The predicted octanol–water partition coefficient (Wildman–Crippen LogP) is 2.65. The van der Waals surface area contributed by atoms with E-state index in [9.17, 15) is 19.5 Å². The molecule has 0 bridgehead atoms. The Labute approximate surface area is 192 Å². The number of alkyl carbamates (subject to hydrolysis) is 1. The van der Waals surface area contributed by atoms with Crippen LogP contribution in [0.25, 0.3) is 11.1 Å². The smallest absolute Gasteiger partial charge is 0.407 e. The normalized spacial score (nSPS) is 19.5. The van der Waals surface area contributed by atoms with E-state index in [4.69, 9.17) is 9.84 Å². The van der Waals surface area contributed by atoms with Gasteiger partial charge in [-0.3, -0.25) is 4.79 Å². The van der Waals surface area contributed by atoms with Crippen LogP contribution in [0.5, 0.6) is 0 Å². The van der Waals surface area contributed by atoms with Crippen LogP contribution in [0.1, 0.15) is 42.7 Å². The van der Waals surface area contributed by atoms with Gasteiger partial charge in [-0.1, -0.05) is 48.5 Å². The summed E-state index contributed by atoms with van der Waals surface area (Å²) in [5, 5.41) is 23.3. The number of nitrogens with one attached hydrogen (secondary N) is 2. The molecule has 2 aliphatic rings. The second-order valence-electron chi connectivity index (χ2n) is 8.70. The Morgan fingerprint density at radius 3 is 2.21 bits per heavy atom. The molecule has 1 fully saturated rings. The van der Waals surface area contributed by atoms with Crippen molar-refractivity contribution >= 4 is 18.0 Å². The fourth-order valence-electron chi connectivity index (χ4n) is 4.63. The average Bonchev–Trinajstić information content (AvgIpc) is 3.10. The van der Waals surface area contributed by atoms with Crippen LogP contribution < -0.4 is 10.6 Å². The number of carbonyl (C=O) groups excluding carboxylic acids is 2. The van der Waals surface area contributed by atoms with Gasteiger partial charge in [0.2, 0.25) is 5.91 Å². The number of hydrogen-bond acceptors (Lipinski definition) is 5. The van der Waals surface area contributed by atoms with Crippen molar-refractivity contribution < 1.29 is 29.3 Å². The highest BCUT2D eigenvalue weighted by atomic mass is 16.5. The van der Waals surface area contributed by atoms with Gasteiger partial charge in [-0.2, -0.15) is 0 Å². The summed E-state index contributed by atoms with van der Waals surface area (Å²) in [4.78, 5) is 34.8. The average molecular weight is 453 g/mol. The van der Waals surface area contributed by atoms with Gasteiger partial charge in [0.05, 0.1) is 0 Å². The zero-order valence-electron chi connectivity index (χ0n) is 18.2. The highest BCUT2D eigenvalue weighted by Gasteiger charge is 2.33. The number of hydrogen-bond donors (Lipinski definition) is 4. The van der Waals surface area contributed by atoms with E-state index in [0.29, 0.717) is 19.3 Å². The number of ether oxygens (including phenoxy) is 1. The third-order valence-corrected chi connectivity index (χ3v) is 6.40. The minimum Gasteiger partial charge on any atom is -0.479 e. The summed E-state index contributed by atoms with van der Waals surface area (Å²) in [5.41, 5.74) is 4.69. The standard InChI is InChI=1S/C25H28N2O6/c28-22(24(30)31)9-10-26-23(29)13-15-11-16(12-15)27-25(32)33-14-21-19-7-3-1-5-17(19)18-6-2-4-8-20(18)21/h1-8,15-16,21-22,28H,9-14H2,(H,26,29)(H,27,32)(H,30,31)/t15?,16?,22-/m0/s1. The van der Waals surface area contributed by atoms with E-state index in [2.05, 4.69) is 34.9 Å². The van der Waals surface area contributed by atoms with Crippen molar-refractivity contribution in [3.05, 3.63) is 59.7 Å². The lowest BCUT2D eigenvalue weighted by Gasteiger charge is -2.35. The molecule has 8 heteroatoms. The van der Waals surface area contributed by atoms with Crippen LogP contribution in [0.15, 0.2) is 48.5 Å². The Hall–Kier alpha value is -3.39. The molecule has 2 aromatic rings. The first-order chi connectivity index (χ1) is 15.9. The van der Waals surface area contributed by atoms with Crippen molar-refractivity contribution in [1.29, 1.82) is 0 Å². The number of carboxylic acid groups (broad SMARTS) is 1. The number of amides is 2. The molecule has 1 atom stereocenters. The van der Waals surface area contributed by atoms with E-state index in [1.54, 1.807) is 0 Å². The lowest BCUT2D eigenvalue weighted by Crippen LogP contribution is -2.46. The molecule has 1 saturated carbocycles. The SMILES string of the molecule is O=C(CC1CC(NC(=O)OCC2c3ccccc3-c3ccccc32)C1)NCC[C@H](O)C(=O)O. The second-order valence-corrected chi connectivity index (χ2v) is 8.70. The number of aliphatic hydroxyl groups is 1. The fraction of sp³-hybridized carbons (Fsp3) is 0.400. The minimum atomic E-state index is -1.47. The molecule has 8 nitrogen and oxygen atoms in total. The van der Waals surface area contributed by atoms with Gasteiger partial charge < -0.3 is 25.6 Å². The van der Waals surface area contributed by atoms with E-state index >= 15 is 0 Å². The van der Waals surface area contributed by atoms with Crippen molar-refractivity contribution in [2.45, 2.75) is 43.7 Å². The summed E-state index contributed by atoms with van der Waals surface area (Å²) in [6.45, 7) is 0.376. The third kappa shape index (κ3) is 5.34. The number of carboxylic acids is 1. The van der Waals surface area contributed by atoms with Crippen LogP contribution in [0, 0.1) is 5.92 Å². The first-order valence-electron chi connectivity index (χ1n) is 11.2. The highest BCUT2D eigenvalue weighted by molar-refractivity contribution is 5.79. The molecule has 4 N–H and O–H groups in total. The molecule has 0 aromatic heterocycles. The lowest BCUT2D eigenvalue weighted by atomic mass is 9.78. The summed E-state index contributed by atoms with van der Waals surface area (Å²) in [7, 11) is 0. The maximum Gasteiger partial charge on any atom is 0.407 e. The maximum atomic E-state index is 12.3. The van der Waals surface area contributed by atoms with Crippen LogP contribution in [0.4, 0.5) is 4.79 Å². The van der Waals surface area contributed by atoms with Gasteiger partial charge >= 0.3 is 12.1 Å². The Bertz CT molecular complexity index is 988. The summed E-state index contributed by atoms with van der Waals surface area (Å²) < 4.78 is 5.56. The van der Waals surface area contributed by atoms with Gasteiger partial charge in [-0.05, 0) is 41.0 Å². The van der Waals surface area contributed by atoms with E-state index in [1.165, 1.54) is 11.1 Å². The molecule has 2 aliphatic carbocycles. The minimum absolute atomic E-state index is 0.0145. The third-order valence-electron chi connectivity index (χ3n) is 6.40. The van der Waals surface area contributed by atoms with Gasteiger partial charge in [-0.15, -0.1) is 0 Å². The van der Waals surface area contributed by atoms with Crippen LogP contribution >= 0.6 is 0 Å². The zero-order valence-corrected chi connectivity index (χ0v) is 18.2. The molecule has 2 aromatic carbocycles. The fourth-order valence-corrected chi connectivity index (χ4v) is 4.63. The van der Waals surface area contributed by atoms with Crippen LogP contribution in [-0.2, 0) is 14.3 Å². The van der Waals surface area contributed by atoms with Gasteiger partial charge in [0.25, 0.3) is 0 Å². The summed E-state index contributed by atoms with van der Waals surface area (Å²) in [6, 6.07) is 16.3. The van der Waals surface area contributed by atoms with Crippen molar-refractivity contribution in [3.8, 4) is 11.1 Å². The molecule has 0 saturated heterocycles. The molecule has 0 aliphatic heterocycles. The molecule has 0 spiro atoms. The molecule has 2 amide bonds. The van der Waals surface area contributed by atoms with Crippen molar-refractivity contribution in [3.63, 3.8) is 0 Å². The Kier molecular flexibility index (Phi) is 6.93. The largest absolute Gasteiger partial charge is 0.479 e. The number of fused-ring (bicyclic) bond motifs is 3. The van der Waals surface area contributed by atoms with Crippen LogP contribution in [0.3, 0.4) is 0 Å². The number of aliphatic hydroxyl groups excluding tert-OH is 1. The van der Waals surface area contributed by atoms with E-state index in [1.807, 2.05) is 24.3 Å². The molecule has 33 heavy (non-hydrogen) atoms. The first kappa shape index (κ1) is 22.8. The van der Waals surface area contributed by atoms with Gasteiger partial charge in [0.15, 0.2) is 6.10 Å². The first-order valence-corrected chi connectivity index (χ1v) is 11.2. The Morgan fingerprint density at radius 2 is 1.61 bits per heavy atom. The molecule has 4 rings (SSSR count). The lowest BCUT2D eigenvalue weighted by molar-refractivity contribution is -0.147. The number of rotatable bonds is 9. The molecular formula is C25H28N2O6. The van der Waals surface area contributed by atoms with E-state index in [0.717, 1.165) is 11.1 Å². The van der Waals surface area contributed by atoms with Crippen molar-refractivity contribution in [2.75, 3.05) is 13.2 Å². The van der Waals surface area contributed by atoms with Gasteiger partial charge in [0, 0.05) is 31.3 Å². The van der Waals surface area contributed by atoms with E-state index in [-0.39, 0.29) is 43.4 Å². The summed E-state index contributed by atoms with van der Waals surface area (Å²) in [6.07, 6.45) is -0.263. The van der Waals surface area contributed by atoms with Gasteiger partial charge in [0.1, 0.15) is 6.61 Å². The Morgan fingerprint density at radius 1 is 1.00 bits per heavy atom. The van der Waals surface area contributed by atoms with E-state index < -0.39 is 18.2 Å². The van der Waals surface area contributed by atoms with Gasteiger partial charge in [-0.25, -0.2) is 9.59 Å². The maximum absolute atomic E-state index is 12.3. The highest BCUT2D eigenvalue weighted by Crippen LogP contribution is 2.44. The quantitative estimate of drug-likeness (QED) is 0.464. The zero-order chi connectivity index (χ0) is 23.4. The summed E-state index contributed by atoms with van der Waals surface area (Å²) in [5.74, 6) is -1.31. The molecule has 0 radical (unpaired) electrons. The molecule has 0 heterocycles. The molecule has 0 unspecified atom stereocenters. The Balaban J connectivity index is 1.17. The summed E-state index contributed by atoms with van der Waals surface area (Å²) >= 11 is 0. The second kappa shape index (κ2) is 10.0. The number of carbonyl (C=O) groups is 3. The molecule has 174 valence electrons. The number of benzene rings is 2. The predicted molar refractivity (Wildman–Crippen MR) is 121 cm³/mol. The monoisotopic (exact) mass is 452 g/mol. The molecular weight excluding hydrogens is 424 g/mol. The van der Waals surface area contributed by atoms with Crippen LogP contribution in [-0.4, -0.2) is 53.5 Å². The van der Waals surface area contributed by atoms with Crippen LogP contribution in [0.2, 0.25) is 0 Å². The topological polar surface area (TPSA) is 125 Å². The number of aliphatic carboxylic acids is 1.